The average Bonchev–Trinajstić information content (AvgIpc) is 2.69. The minimum absolute atomic E-state index is 0.227. The number of benzene rings is 1. The van der Waals surface area contributed by atoms with Crippen molar-refractivity contribution in [2.45, 2.75) is 45.6 Å². The molecule has 19 heavy (non-hydrogen) atoms. The average molecular weight is 283 g/mol. The molecule has 1 aliphatic rings. The standard InChI is InChI=1S/C16H23ClO2/c1-16(2)8-4-5-13(16)14(18)10-11-9-12(17)6-7-15(11)19-3/h6-7,9,13-14,18H,4-5,8,10H2,1-3H3. The van der Waals surface area contributed by atoms with E-state index >= 15 is 0 Å². The van der Waals surface area contributed by atoms with E-state index < -0.39 is 0 Å². The zero-order chi connectivity index (χ0) is 14.0. The van der Waals surface area contributed by atoms with Gasteiger partial charge in [0.15, 0.2) is 0 Å². The Morgan fingerprint density at radius 3 is 2.79 bits per heavy atom. The van der Waals surface area contributed by atoms with Crippen LogP contribution in [0.15, 0.2) is 18.2 Å². The van der Waals surface area contributed by atoms with Gasteiger partial charge < -0.3 is 9.84 Å². The summed E-state index contributed by atoms with van der Waals surface area (Å²) in [6.07, 6.45) is 3.79. The smallest absolute Gasteiger partial charge is 0.122 e. The third kappa shape index (κ3) is 3.24. The first kappa shape index (κ1) is 14.7. The number of aliphatic hydroxyl groups excluding tert-OH is 1. The van der Waals surface area contributed by atoms with Gasteiger partial charge in [-0.1, -0.05) is 31.9 Å². The molecule has 106 valence electrons. The van der Waals surface area contributed by atoms with Crippen LogP contribution in [0.4, 0.5) is 0 Å². The SMILES string of the molecule is COc1ccc(Cl)cc1CC(O)C1CCCC1(C)C. The van der Waals surface area contributed by atoms with E-state index in [4.69, 9.17) is 16.3 Å². The molecule has 0 saturated heterocycles. The summed E-state index contributed by atoms with van der Waals surface area (Å²) in [5, 5.41) is 11.2. The summed E-state index contributed by atoms with van der Waals surface area (Å²) in [5.41, 5.74) is 1.22. The van der Waals surface area contributed by atoms with Gasteiger partial charge in [0.25, 0.3) is 0 Å². The summed E-state index contributed by atoms with van der Waals surface area (Å²) in [6, 6.07) is 5.57. The molecule has 1 saturated carbocycles. The fourth-order valence-corrected chi connectivity index (χ4v) is 3.54. The molecule has 0 aromatic heterocycles. The maximum atomic E-state index is 10.6. The van der Waals surface area contributed by atoms with Crippen LogP contribution in [0.25, 0.3) is 0 Å². The summed E-state index contributed by atoms with van der Waals surface area (Å²) in [5.74, 6) is 1.16. The molecule has 1 aromatic rings. The fourth-order valence-electron chi connectivity index (χ4n) is 3.34. The van der Waals surface area contributed by atoms with Gasteiger partial charge >= 0.3 is 0 Å². The molecule has 1 fully saturated rings. The quantitative estimate of drug-likeness (QED) is 0.902. The highest BCUT2D eigenvalue weighted by Gasteiger charge is 2.38. The van der Waals surface area contributed by atoms with Crippen molar-refractivity contribution in [1.29, 1.82) is 0 Å². The first-order valence-corrected chi connectivity index (χ1v) is 7.32. The van der Waals surface area contributed by atoms with E-state index in [0.29, 0.717) is 17.4 Å². The number of methoxy groups -OCH3 is 1. The number of rotatable bonds is 4. The van der Waals surface area contributed by atoms with Crippen LogP contribution in [0, 0.1) is 11.3 Å². The molecule has 1 aromatic carbocycles. The highest BCUT2D eigenvalue weighted by molar-refractivity contribution is 6.30. The molecular formula is C16H23ClO2. The molecule has 2 rings (SSSR count). The normalized spacial score (nSPS) is 23.3. The van der Waals surface area contributed by atoms with Crippen LogP contribution >= 0.6 is 11.6 Å². The lowest BCUT2D eigenvalue weighted by Gasteiger charge is -2.31. The van der Waals surface area contributed by atoms with Crippen LogP contribution in [0.5, 0.6) is 5.75 Å². The summed E-state index contributed by atoms with van der Waals surface area (Å²) < 4.78 is 5.35. The lowest BCUT2D eigenvalue weighted by molar-refractivity contribution is 0.0538. The first-order valence-electron chi connectivity index (χ1n) is 6.94. The van der Waals surface area contributed by atoms with Crippen LogP contribution in [0.2, 0.25) is 5.02 Å². The number of ether oxygens (including phenoxy) is 1. The topological polar surface area (TPSA) is 29.5 Å². The van der Waals surface area contributed by atoms with Gasteiger partial charge in [-0.3, -0.25) is 0 Å². The molecule has 0 bridgehead atoms. The van der Waals surface area contributed by atoms with Crippen LogP contribution in [0.1, 0.15) is 38.7 Å². The molecule has 3 heteroatoms. The zero-order valence-corrected chi connectivity index (χ0v) is 12.7. The number of aliphatic hydroxyl groups is 1. The van der Waals surface area contributed by atoms with Crippen molar-refractivity contribution >= 4 is 11.6 Å². The minimum atomic E-state index is -0.329. The van der Waals surface area contributed by atoms with Gasteiger partial charge in [-0.2, -0.15) is 0 Å². The zero-order valence-electron chi connectivity index (χ0n) is 11.9. The Bertz CT molecular complexity index is 442. The fraction of sp³-hybridized carbons (Fsp3) is 0.625. The van der Waals surface area contributed by atoms with E-state index in [2.05, 4.69) is 13.8 Å². The van der Waals surface area contributed by atoms with Gasteiger partial charge in [-0.25, -0.2) is 0 Å². The predicted octanol–water partition coefficient (Wildman–Crippen LogP) is 4.08. The van der Waals surface area contributed by atoms with E-state index in [1.165, 1.54) is 12.8 Å². The minimum Gasteiger partial charge on any atom is -0.496 e. The second-order valence-corrected chi connectivity index (χ2v) is 6.65. The number of hydrogen-bond donors (Lipinski definition) is 1. The van der Waals surface area contributed by atoms with Gasteiger partial charge in [-0.15, -0.1) is 0 Å². The molecule has 1 aliphatic carbocycles. The lowest BCUT2D eigenvalue weighted by atomic mass is 9.77. The van der Waals surface area contributed by atoms with Crippen molar-refractivity contribution in [2.24, 2.45) is 11.3 Å². The molecular weight excluding hydrogens is 260 g/mol. The van der Waals surface area contributed by atoms with E-state index in [9.17, 15) is 5.11 Å². The van der Waals surface area contributed by atoms with Crippen molar-refractivity contribution in [3.05, 3.63) is 28.8 Å². The lowest BCUT2D eigenvalue weighted by Crippen LogP contribution is -2.31. The Hall–Kier alpha value is -0.730. The van der Waals surface area contributed by atoms with Gasteiger partial charge in [0.2, 0.25) is 0 Å². The van der Waals surface area contributed by atoms with Crippen molar-refractivity contribution in [3.8, 4) is 5.75 Å². The van der Waals surface area contributed by atoms with E-state index in [1.54, 1.807) is 7.11 Å². The van der Waals surface area contributed by atoms with Crippen LogP contribution in [0.3, 0.4) is 0 Å². The maximum absolute atomic E-state index is 10.6. The van der Waals surface area contributed by atoms with Crippen molar-refractivity contribution in [1.82, 2.24) is 0 Å². The third-order valence-corrected chi connectivity index (χ3v) is 4.71. The molecule has 0 heterocycles. The third-order valence-electron chi connectivity index (χ3n) is 4.48. The molecule has 1 N–H and O–H groups in total. The van der Waals surface area contributed by atoms with Crippen molar-refractivity contribution < 1.29 is 9.84 Å². The summed E-state index contributed by atoms with van der Waals surface area (Å²) >= 11 is 6.04. The summed E-state index contributed by atoms with van der Waals surface area (Å²) in [4.78, 5) is 0. The first-order chi connectivity index (χ1) is 8.94. The Balaban J connectivity index is 2.14. The van der Waals surface area contributed by atoms with E-state index in [0.717, 1.165) is 17.7 Å². The second-order valence-electron chi connectivity index (χ2n) is 6.21. The van der Waals surface area contributed by atoms with E-state index in [1.807, 2.05) is 18.2 Å². The highest BCUT2D eigenvalue weighted by Crippen LogP contribution is 2.45. The Morgan fingerprint density at radius 1 is 1.47 bits per heavy atom. The maximum Gasteiger partial charge on any atom is 0.122 e. The van der Waals surface area contributed by atoms with Gasteiger partial charge in [0.1, 0.15) is 5.75 Å². The van der Waals surface area contributed by atoms with E-state index in [-0.39, 0.29) is 11.5 Å². The van der Waals surface area contributed by atoms with Gasteiger partial charge in [-0.05, 0) is 47.9 Å². The molecule has 0 aliphatic heterocycles. The Kier molecular flexibility index (Phi) is 4.42. The summed E-state index contributed by atoms with van der Waals surface area (Å²) in [7, 11) is 1.65. The molecule has 0 radical (unpaired) electrons. The predicted molar refractivity (Wildman–Crippen MR) is 78.8 cm³/mol. The largest absolute Gasteiger partial charge is 0.496 e. The molecule has 2 atom stereocenters. The van der Waals surface area contributed by atoms with Crippen LogP contribution in [-0.4, -0.2) is 18.3 Å². The van der Waals surface area contributed by atoms with Gasteiger partial charge in [0.05, 0.1) is 13.2 Å². The Labute approximate surface area is 120 Å². The second kappa shape index (κ2) is 5.72. The Morgan fingerprint density at radius 2 is 2.21 bits per heavy atom. The molecule has 0 amide bonds. The van der Waals surface area contributed by atoms with Crippen LogP contribution in [-0.2, 0) is 6.42 Å². The van der Waals surface area contributed by atoms with Gasteiger partial charge in [0, 0.05) is 11.4 Å². The molecule has 2 nitrogen and oxygen atoms in total. The van der Waals surface area contributed by atoms with Crippen LogP contribution < -0.4 is 4.74 Å². The monoisotopic (exact) mass is 282 g/mol. The highest BCUT2D eigenvalue weighted by atomic mass is 35.5. The molecule has 0 spiro atoms. The van der Waals surface area contributed by atoms with Crippen molar-refractivity contribution in [3.63, 3.8) is 0 Å². The number of hydrogen-bond acceptors (Lipinski definition) is 2. The van der Waals surface area contributed by atoms with Crippen molar-refractivity contribution in [2.75, 3.05) is 7.11 Å². The number of halogens is 1. The molecule has 2 unspecified atom stereocenters. The summed E-state index contributed by atoms with van der Waals surface area (Å²) in [6.45, 7) is 4.51.